The maximum absolute atomic E-state index is 12.8. The monoisotopic (exact) mass is 483 g/mol. The van der Waals surface area contributed by atoms with Crippen molar-refractivity contribution >= 4 is 22.8 Å². The SMILES string of the molecule is COC(=O)CC(NC(=O)CCc1c(C)c2ccc(OC)cc2oc1=O)c1ccc(OC)c(OC)c1. The maximum Gasteiger partial charge on any atom is 0.339 e. The first-order valence-corrected chi connectivity index (χ1v) is 11.0. The van der Waals surface area contributed by atoms with Crippen LogP contribution in [-0.4, -0.2) is 40.3 Å². The van der Waals surface area contributed by atoms with Crippen molar-refractivity contribution < 1.29 is 33.0 Å². The van der Waals surface area contributed by atoms with Crippen LogP contribution in [0.15, 0.2) is 45.6 Å². The smallest absolute Gasteiger partial charge is 0.339 e. The first-order chi connectivity index (χ1) is 16.8. The van der Waals surface area contributed by atoms with E-state index in [1.165, 1.54) is 28.4 Å². The molecule has 0 aliphatic rings. The summed E-state index contributed by atoms with van der Waals surface area (Å²) in [5, 5.41) is 3.64. The number of rotatable bonds is 10. The van der Waals surface area contributed by atoms with Crippen molar-refractivity contribution in [2.24, 2.45) is 0 Å². The van der Waals surface area contributed by atoms with E-state index in [0.29, 0.717) is 34.0 Å². The van der Waals surface area contributed by atoms with E-state index >= 15 is 0 Å². The van der Waals surface area contributed by atoms with Crippen LogP contribution in [0.5, 0.6) is 17.2 Å². The highest BCUT2D eigenvalue weighted by molar-refractivity contribution is 5.83. The summed E-state index contributed by atoms with van der Waals surface area (Å²) in [4.78, 5) is 37.4. The number of methoxy groups -OCH3 is 4. The van der Waals surface area contributed by atoms with Gasteiger partial charge in [-0.2, -0.15) is 0 Å². The Morgan fingerprint density at radius 3 is 2.37 bits per heavy atom. The van der Waals surface area contributed by atoms with Crippen LogP contribution in [0.3, 0.4) is 0 Å². The van der Waals surface area contributed by atoms with Crippen LogP contribution >= 0.6 is 0 Å². The second-order valence-electron chi connectivity index (χ2n) is 7.87. The molecule has 0 fully saturated rings. The van der Waals surface area contributed by atoms with Crippen LogP contribution in [0.25, 0.3) is 11.0 Å². The Bertz CT molecular complexity index is 1280. The number of carbonyl (C=O) groups excluding carboxylic acids is 2. The van der Waals surface area contributed by atoms with Gasteiger partial charge in [-0.25, -0.2) is 4.79 Å². The molecule has 1 aromatic heterocycles. The van der Waals surface area contributed by atoms with E-state index < -0.39 is 17.6 Å². The molecule has 2 aromatic carbocycles. The molecule has 1 amide bonds. The van der Waals surface area contributed by atoms with Crippen LogP contribution in [-0.2, 0) is 20.7 Å². The van der Waals surface area contributed by atoms with Crippen molar-refractivity contribution in [3.05, 3.63) is 63.5 Å². The second-order valence-corrected chi connectivity index (χ2v) is 7.87. The highest BCUT2D eigenvalue weighted by Gasteiger charge is 2.21. The van der Waals surface area contributed by atoms with Gasteiger partial charge < -0.3 is 28.7 Å². The lowest BCUT2D eigenvalue weighted by Gasteiger charge is -2.20. The molecule has 9 nitrogen and oxygen atoms in total. The Morgan fingerprint density at radius 2 is 1.71 bits per heavy atom. The summed E-state index contributed by atoms with van der Waals surface area (Å²) in [6, 6.07) is 9.74. The second kappa shape index (κ2) is 11.4. The molecule has 1 unspecified atom stereocenters. The van der Waals surface area contributed by atoms with Crippen LogP contribution < -0.4 is 25.2 Å². The minimum atomic E-state index is -0.656. The van der Waals surface area contributed by atoms with E-state index in [1.807, 2.05) is 13.0 Å². The fourth-order valence-corrected chi connectivity index (χ4v) is 3.87. The maximum atomic E-state index is 12.8. The Morgan fingerprint density at radius 1 is 0.971 bits per heavy atom. The number of fused-ring (bicyclic) bond motifs is 1. The number of amides is 1. The summed E-state index contributed by atoms with van der Waals surface area (Å²) in [7, 11) is 5.85. The summed E-state index contributed by atoms with van der Waals surface area (Å²) in [5.41, 5.74) is 1.75. The number of esters is 1. The number of hydrogen-bond donors (Lipinski definition) is 1. The van der Waals surface area contributed by atoms with Gasteiger partial charge in [-0.3, -0.25) is 9.59 Å². The molecule has 0 radical (unpaired) electrons. The van der Waals surface area contributed by atoms with Gasteiger partial charge in [0, 0.05) is 23.4 Å². The molecule has 3 aromatic rings. The third-order valence-corrected chi connectivity index (χ3v) is 5.84. The average Bonchev–Trinajstić information content (AvgIpc) is 2.87. The Kier molecular flexibility index (Phi) is 8.35. The summed E-state index contributed by atoms with van der Waals surface area (Å²) in [6.07, 6.45) is 0.133. The Balaban J connectivity index is 1.79. The van der Waals surface area contributed by atoms with Crippen molar-refractivity contribution in [3.8, 4) is 17.2 Å². The van der Waals surface area contributed by atoms with Crippen LogP contribution in [0, 0.1) is 6.92 Å². The molecular formula is C26H29NO8. The van der Waals surface area contributed by atoms with Gasteiger partial charge >= 0.3 is 11.6 Å². The van der Waals surface area contributed by atoms with E-state index in [-0.39, 0.29) is 25.2 Å². The molecule has 0 saturated carbocycles. The van der Waals surface area contributed by atoms with Crippen molar-refractivity contribution in [2.75, 3.05) is 28.4 Å². The largest absolute Gasteiger partial charge is 0.497 e. The molecule has 1 heterocycles. The molecule has 0 bridgehead atoms. The van der Waals surface area contributed by atoms with E-state index in [9.17, 15) is 14.4 Å². The van der Waals surface area contributed by atoms with E-state index in [0.717, 1.165) is 10.9 Å². The molecule has 1 atom stereocenters. The minimum absolute atomic E-state index is 0.0260. The number of aryl methyl sites for hydroxylation is 1. The normalized spacial score (nSPS) is 11.6. The predicted molar refractivity (Wildman–Crippen MR) is 129 cm³/mol. The molecule has 0 saturated heterocycles. The standard InChI is InChI=1S/C26H29NO8/c1-15-18-8-7-17(31-2)13-22(18)35-26(30)19(15)9-11-24(28)27-20(14-25(29)34-5)16-6-10-21(32-3)23(12-16)33-4/h6-8,10,12-13,20H,9,11,14H2,1-5H3,(H,27,28). The highest BCUT2D eigenvalue weighted by atomic mass is 16.5. The number of nitrogens with one attached hydrogen (secondary N) is 1. The van der Waals surface area contributed by atoms with Gasteiger partial charge in [-0.05, 0) is 48.7 Å². The fraction of sp³-hybridized carbons (Fsp3) is 0.346. The molecule has 186 valence electrons. The average molecular weight is 484 g/mol. The van der Waals surface area contributed by atoms with Gasteiger partial charge in [0.1, 0.15) is 11.3 Å². The Labute approximate surface area is 202 Å². The van der Waals surface area contributed by atoms with Gasteiger partial charge in [0.25, 0.3) is 0 Å². The summed E-state index contributed by atoms with van der Waals surface area (Å²) in [6.45, 7) is 1.82. The summed E-state index contributed by atoms with van der Waals surface area (Å²) < 4.78 is 26.0. The fourth-order valence-electron chi connectivity index (χ4n) is 3.87. The van der Waals surface area contributed by atoms with Gasteiger partial charge in [-0.1, -0.05) is 6.07 Å². The molecule has 3 rings (SSSR count). The number of ether oxygens (including phenoxy) is 4. The summed E-state index contributed by atoms with van der Waals surface area (Å²) >= 11 is 0. The highest BCUT2D eigenvalue weighted by Crippen LogP contribution is 2.31. The lowest BCUT2D eigenvalue weighted by molar-refractivity contribution is -0.141. The molecule has 9 heteroatoms. The lowest BCUT2D eigenvalue weighted by Crippen LogP contribution is -2.31. The van der Waals surface area contributed by atoms with Crippen molar-refractivity contribution in [1.82, 2.24) is 5.32 Å². The lowest BCUT2D eigenvalue weighted by atomic mass is 10.0. The van der Waals surface area contributed by atoms with Gasteiger partial charge in [0.05, 0.1) is 40.9 Å². The third-order valence-electron chi connectivity index (χ3n) is 5.84. The van der Waals surface area contributed by atoms with E-state index in [2.05, 4.69) is 5.32 Å². The third kappa shape index (κ3) is 5.92. The van der Waals surface area contributed by atoms with Gasteiger partial charge in [0.2, 0.25) is 5.91 Å². The molecule has 0 aliphatic carbocycles. The number of hydrogen-bond acceptors (Lipinski definition) is 8. The van der Waals surface area contributed by atoms with Crippen LogP contribution in [0.1, 0.15) is 35.6 Å². The minimum Gasteiger partial charge on any atom is -0.497 e. The molecule has 0 aliphatic heterocycles. The first kappa shape index (κ1) is 25.6. The van der Waals surface area contributed by atoms with Crippen molar-refractivity contribution in [3.63, 3.8) is 0 Å². The molecule has 35 heavy (non-hydrogen) atoms. The Hall–Kier alpha value is -4.01. The predicted octanol–water partition coefficient (Wildman–Crippen LogP) is 3.48. The topological polar surface area (TPSA) is 113 Å². The first-order valence-electron chi connectivity index (χ1n) is 11.0. The van der Waals surface area contributed by atoms with Crippen LogP contribution in [0.4, 0.5) is 0 Å². The zero-order chi connectivity index (χ0) is 25.5. The molecule has 1 N–H and O–H groups in total. The quantitative estimate of drug-likeness (QED) is 0.344. The van der Waals surface area contributed by atoms with Gasteiger partial charge in [0.15, 0.2) is 11.5 Å². The number of benzene rings is 2. The summed E-state index contributed by atoms with van der Waals surface area (Å²) in [5.74, 6) is 0.762. The van der Waals surface area contributed by atoms with Gasteiger partial charge in [-0.15, -0.1) is 0 Å². The van der Waals surface area contributed by atoms with Crippen molar-refractivity contribution in [1.29, 1.82) is 0 Å². The van der Waals surface area contributed by atoms with E-state index in [4.69, 9.17) is 23.4 Å². The number of carbonyl (C=O) groups is 2. The zero-order valence-electron chi connectivity index (χ0n) is 20.4. The van der Waals surface area contributed by atoms with Crippen molar-refractivity contribution in [2.45, 2.75) is 32.2 Å². The zero-order valence-corrected chi connectivity index (χ0v) is 20.4. The van der Waals surface area contributed by atoms with Crippen LogP contribution in [0.2, 0.25) is 0 Å². The molecular weight excluding hydrogens is 454 g/mol. The molecule has 0 spiro atoms. The van der Waals surface area contributed by atoms with E-state index in [1.54, 1.807) is 30.3 Å².